The lowest BCUT2D eigenvalue weighted by Crippen LogP contribution is -2.08. The molecular formula is C25H24O4. The molecule has 0 bridgehead atoms. The van der Waals surface area contributed by atoms with Crippen LogP contribution in [0.3, 0.4) is 0 Å². The number of aryl methyl sites for hydroxylation is 1. The van der Waals surface area contributed by atoms with E-state index in [-0.39, 0.29) is 11.9 Å². The van der Waals surface area contributed by atoms with Crippen LogP contribution < -0.4 is 4.74 Å². The predicted octanol–water partition coefficient (Wildman–Crippen LogP) is 5.70. The lowest BCUT2D eigenvalue weighted by Gasteiger charge is -2.07. The first-order chi connectivity index (χ1) is 14.1. The molecule has 3 aromatic carbocycles. The van der Waals surface area contributed by atoms with Crippen molar-refractivity contribution in [2.24, 2.45) is 0 Å². The first-order valence-corrected chi connectivity index (χ1v) is 9.70. The lowest BCUT2D eigenvalue weighted by atomic mass is 10.0. The molecule has 0 aliphatic heterocycles. The van der Waals surface area contributed by atoms with Crippen LogP contribution in [0.1, 0.15) is 46.0 Å². The quantitative estimate of drug-likeness (QED) is 0.385. The summed E-state index contributed by atoms with van der Waals surface area (Å²) in [6.45, 7) is 2.16. The molecule has 0 spiro atoms. The standard InChI is InChI=1S/C25H24O4/c1-3-4-5-18-6-8-22(9-7-18)25(27)29-23-16-14-20(15-17-23)19-10-12-21(13-11-19)24(26)28-2/h6-17H,3-5H2,1-2H3. The Balaban J connectivity index is 1.64. The van der Waals surface area contributed by atoms with Crippen molar-refractivity contribution in [3.8, 4) is 16.9 Å². The number of hydrogen-bond donors (Lipinski definition) is 0. The summed E-state index contributed by atoms with van der Waals surface area (Å²) < 4.78 is 10.2. The van der Waals surface area contributed by atoms with E-state index in [0.29, 0.717) is 16.9 Å². The second-order valence-electron chi connectivity index (χ2n) is 6.78. The number of ether oxygens (including phenoxy) is 2. The van der Waals surface area contributed by atoms with Gasteiger partial charge in [-0.25, -0.2) is 9.59 Å². The fourth-order valence-electron chi connectivity index (χ4n) is 2.99. The van der Waals surface area contributed by atoms with Crippen LogP contribution in [-0.4, -0.2) is 19.0 Å². The van der Waals surface area contributed by atoms with Crippen LogP contribution in [0.2, 0.25) is 0 Å². The Kier molecular flexibility index (Phi) is 6.80. The number of methoxy groups -OCH3 is 1. The van der Waals surface area contributed by atoms with Crippen molar-refractivity contribution in [1.82, 2.24) is 0 Å². The normalized spacial score (nSPS) is 10.4. The predicted molar refractivity (Wildman–Crippen MR) is 113 cm³/mol. The highest BCUT2D eigenvalue weighted by atomic mass is 16.5. The molecule has 3 aromatic rings. The van der Waals surface area contributed by atoms with Crippen LogP contribution in [0.5, 0.6) is 5.75 Å². The van der Waals surface area contributed by atoms with Crippen molar-refractivity contribution in [3.63, 3.8) is 0 Å². The molecule has 0 saturated heterocycles. The zero-order valence-corrected chi connectivity index (χ0v) is 16.7. The van der Waals surface area contributed by atoms with Gasteiger partial charge in [0, 0.05) is 0 Å². The van der Waals surface area contributed by atoms with Gasteiger partial charge < -0.3 is 9.47 Å². The summed E-state index contributed by atoms with van der Waals surface area (Å²) >= 11 is 0. The molecule has 4 heteroatoms. The molecule has 0 aliphatic rings. The molecule has 3 rings (SSSR count). The van der Waals surface area contributed by atoms with Gasteiger partial charge in [0.1, 0.15) is 5.75 Å². The maximum atomic E-state index is 12.4. The van der Waals surface area contributed by atoms with Crippen molar-refractivity contribution < 1.29 is 19.1 Å². The molecule has 4 nitrogen and oxygen atoms in total. The van der Waals surface area contributed by atoms with Gasteiger partial charge in [-0.05, 0) is 65.9 Å². The third-order valence-corrected chi connectivity index (χ3v) is 4.71. The van der Waals surface area contributed by atoms with E-state index in [1.807, 2.05) is 48.5 Å². The van der Waals surface area contributed by atoms with E-state index in [0.717, 1.165) is 30.4 Å². The van der Waals surface area contributed by atoms with Crippen molar-refractivity contribution in [2.75, 3.05) is 7.11 Å². The summed E-state index contributed by atoms with van der Waals surface area (Å²) in [5.74, 6) is -0.251. The highest BCUT2D eigenvalue weighted by molar-refractivity contribution is 5.91. The van der Waals surface area contributed by atoms with E-state index in [9.17, 15) is 9.59 Å². The van der Waals surface area contributed by atoms with E-state index in [2.05, 4.69) is 6.92 Å². The highest BCUT2D eigenvalue weighted by Gasteiger charge is 2.09. The fourth-order valence-corrected chi connectivity index (χ4v) is 2.99. The van der Waals surface area contributed by atoms with Crippen LogP contribution >= 0.6 is 0 Å². The second kappa shape index (κ2) is 9.69. The van der Waals surface area contributed by atoms with Crippen molar-refractivity contribution in [2.45, 2.75) is 26.2 Å². The van der Waals surface area contributed by atoms with E-state index < -0.39 is 0 Å². The molecule has 0 aliphatic carbocycles. The van der Waals surface area contributed by atoms with Crippen LogP contribution in [0.25, 0.3) is 11.1 Å². The number of benzene rings is 3. The average molecular weight is 388 g/mol. The molecule has 29 heavy (non-hydrogen) atoms. The summed E-state index contributed by atoms with van der Waals surface area (Å²) in [5.41, 5.74) is 4.18. The number of rotatable bonds is 7. The SMILES string of the molecule is CCCCc1ccc(C(=O)Oc2ccc(-c3ccc(C(=O)OC)cc3)cc2)cc1. The van der Waals surface area contributed by atoms with Gasteiger partial charge in [0.05, 0.1) is 18.2 Å². The van der Waals surface area contributed by atoms with Gasteiger partial charge in [0.25, 0.3) is 0 Å². The zero-order chi connectivity index (χ0) is 20.6. The summed E-state index contributed by atoms with van der Waals surface area (Å²) in [5, 5.41) is 0. The monoisotopic (exact) mass is 388 g/mol. The molecule has 0 unspecified atom stereocenters. The van der Waals surface area contributed by atoms with Crippen molar-refractivity contribution in [1.29, 1.82) is 0 Å². The van der Waals surface area contributed by atoms with E-state index >= 15 is 0 Å². The number of carbonyl (C=O) groups is 2. The molecule has 0 radical (unpaired) electrons. The number of carbonyl (C=O) groups excluding carboxylic acids is 2. The number of unbranched alkanes of at least 4 members (excludes halogenated alkanes) is 1. The molecule has 148 valence electrons. The number of esters is 2. The minimum atomic E-state index is -0.373. The molecule has 0 saturated carbocycles. The van der Waals surface area contributed by atoms with E-state index in [1.54, 1.807) is 24.3 Å². The Morgan fingerprint density at radius 1 is 0.724 bits per heavy atom. The van der Waals surface area contributed by atoms with Gasteiger partial charge in [-0.2, -0.15) is 0 Å². The Morgan fingerprint density at radius 2 is 1.24 bits per heavy atom. The summed E-state index contributed by atoms with van der Waals surface area (Å²) in [4.78, 5) is 23.9. The van der Waals surface area contributed by atoms with E-state index in [4.69, 9.17) is 9.47 Å². The Hall–Kier alpha value is -3.40. The maximum Gasteiger partial charge on any atom is 0.343 e. The third-order valence-electron chi connectivity index (χ3n) is 4.71. The average Bonchev–Trinajstić information content (AvgIpc) is 2.78. The van der Waals surface area contributed by atoms with Crippen molar-refractivity contribution in [3.05, 3.63) is 89.5 Å². The minimum Gasteiger partial charge on any atom is -0.465 e. The first-order valence-electron chi connectivity index (χ1n) is 9.70. The van der Waals surface area contributed by atoms with Crippen LogP contribution in [-0.2, 0) is 11.2 Å². The minimum absolute atomic E-state index is 0.364. The van der Waals surface area contributed by atoms with Gasteiger partial charge in [-0.15, -0.1) is 0 Å². The summed E-state index contributed by atoms with van der Waals surface area (Å²) in [6.07, 6.45) is 3.31. The molecule has 0 aromatic heterocycles. The largest absolute Gasteiger partial charge is 0.465 e. The lowest BCUT2D eigenvalue weighted by molar-refractivity contribution is 0.0600. The Morgan fingerprint density at radius 3 is 1.79 bits per heavy atom. The third kappa shape index (κ3) is 5.32. The van der Waals surface area contributed by atoms with Crippen LogP contribution in [0.15, 0.2) is 72.8 Å². The Bertz CT molecular complexity index is 955. The molecular weight excluding hydrogens is 364 g/mol. The van der Waals surface area contributed by atoms with Crippen LogP contribution in [0, 0.1) is 0 Å². The topological polar surface area (TPSA) is 52.6 Å². The summed E-state index contributed by atoms with van der Waals surface area (Å²) in [6, 6.07) is 22.0. The van der Waals surface area contributed by atoms with Crippen LogP contribution in [0.4, 0.5) is 0 Å². The second-order valence-corrected chi connectivity index (χ2v) is 6.78. The maximum absolute atomic E-state index is 12.4. The van der Waals surface area contributed by atoms with Gasteiger partial charge >= 0.3 is 11.9 Å². The zero-order valence-electron chi connectivity index (χ0n) is 16.7. The van der Waals surface area contributed by atoms with Gasteiger partial charge in [0.2, 0.25) is 0 Å². The van der Waals surface area contributed by atoms with Gasteiger partial charge in [0.15, 0.2) is 0 Å². The molecule has 0 N–H and O–H groups in total. The summed E-state index contributed by atoms with van der Waals surface area (Å²) in [7, 11) is 1.36. The highest BCUT2D eigenvalue weighted by Crippen LogP contribution is 2.23. The molecule has 0 fully saturated rings. The fraction of sp³-hybridized carbons (Fsp3) is 0.200. The molecule has 0 atom stereocenters. The van der Waals surface area contributed by atoms with Gasteiger partial charge in [-0.3, -0.25) is 0 Å². The Labute approximate surface area is 171 Å². The molecule has 0 heterocycles. The molecule has 0 amide bonds. The number of hydrogen-bond acceptors (Lipinski definition) is 4. The van der Waals surface area contributed by atoms with E-state index in [1.165, 1.54) is 12.7 Å². The van der Waals surface area contributed by atoms with Gasteiger partial charge in [-0.1, -0.05) is 49.7 Å². The van der Waals surface area contributed by atoms with Crippen molar-refractivity contribution >= 4 is 11.9 Å². The first kappa shape index (κ1) is 20.3. The smallest absolute Gasteiger partial charge is 0.343 e.